The fourth-order valence-electron chi connectivity index (χ4n) is 5.87. The summed E-state index contributed by atoms with van der Waals surface area (Å²) in [4.78, 5) is 28.7. The molecule has 1 saturated carbocycles. The lowest BCUT2D eigenvalue weighted by Gasteiger charge is -2.40. The van der Waals surface area contributed by atoms with Crippen LogP contribution in [0.4, 0.5) is 24.7 Å². The van der Waals surface area contributed by atoms with Crippen LogP contribution in [0.5, 0.6) is 0 Å². The Hall–Kier alpha value is -3.72. The summed E-state index contributed by atoms with van der Waals surface area (Å²) in [5.41, 5.74) is 1.74. The van der Waals surface area contributed by atoms with Gasteiger partial charge < -0.3 is 14.7 Å². The van der Waals surface area contributed by atoms with Gasteiger partial charge in [-0.05, 0) is 73.2 Å². The van der Waals surface area contributed by atoms with Gasteiger partial charge in [-0.1, -0.05) is 31.0 Å². The zero-order chi connectivity index (χ0) is 28.8. The van der Waals surface area contributed by atoms with Crippen molar-refractivity contribution >= 4 is 23.5 Å². The van der Waals surface area contributed by atoms with E-state index in [0.29, 0.717) is 18.2 Å². The molecule has 9 heteroatoms. The van der Waals surface area contributed by atoms with E-state index in [4.69, 9.17) is 0 Å². The van der Waals surface area contributed by atoms with Gasteiger partial charge in [-0.15, -0.1) is 0 Å². The van der Waals surface area contributed by atoms with Crippen LogP contribution in [0.25, 0.3) is 6.08 Å². The number of hydrogen-bond donors (Lipinski definition) is 0. The molecule has 1 amide bonds. The first-order chi connectivity index (χ1) is 19.8. The summed E-state index contributed by atoms with van der Waals surface area (Å²) < 4.78 is 38.8. The fourth-order valence-corrected chi connectivity index (χ4v) is 5.87. The molecule has 216 valence electrons. The number of aromatic nitrogens is 2. The van der Waals surface area contributed by atoms with Crippen molar-refractivity contribution in [3.8, 4) is 0 Å². The van der Waals surface area contributed by atoms with Gasteiger partial charge in [-0.2, -0.15) is 13.2 Å². The number of nitrogens with zero attached hydrogens (tertiary/aromatic N) is 5. The molecule has 0 atom stereocenters. The van der Waals surface area contributed by atoms with E-state index in [1.807, 2.05) is 41.1 Å². The molecule has 3 aromatic rings. The van der Waals surface area contributed by atoms with Crippen molar-refractivity contribution in [2.45, 2.75) is 63.3 Å². The van der Waals surface area contributed by atoms with Crippen LogP contribution in [0, 0.1) is 0 Å². The van der Waals surface area contributed by atoms with Crippen LogP contribution >= 0.6 is 0 Å². The van der Waals surface area contributed by atoms with Crippen LogP contribution in [-0.2, 0) is 17.5 Å². The molecule has 6 nitrogen and oxygen atoms in total. The van der Waals surface area contributed by atoms with Crippen LogP contribution < -0.4 is 4.90 Å². The van der Waals surface area contributed by atoms with Gasteiger partial charge in [0.05, 0.1) is 5.56 Å². The van der Waals surface area contributed by atoms with Gasteiger partial charge in [0.25, 0.3) is 0 Å². The van der Waals surface area contributed by atoms with Crippen LogP contribution in [-0.4, -0.2) is 57.9 Å². The lowest BCUT2D eigenvalue weighted by atomic mass is 10.00. The minimum absolute atomic E-state index is 0.0802. The Labute approximate surface area is 239 Å². The van der Waals surface area contributed by atoms with E-state index in [-0.39, 0.29) is 11.9 Å². The predicted molar refractivity (Wildman–Crippen MR) is 154 cm³/mol. The Bertz CT molecular complexity index is 1300. The van der Waals surface area contributed by atoms with Crippen molar-refractivity contribution in [3.63, 3.8) is 0 Å². The minimum Gasteiger partial charge on any atom is -0.332 e. The third kappa shape index (κ3) is 7.33. The smallest absolute Gasteiger partial charge is 0.332 e. The van der Waals surface area contributed by atoms with E-state index in [0.717, 1.165) is 55.1 Å². The Balaban J connectivity index is 1.30. The lowest BCUT2D eigenvalue weighted by molar-refractivity contribution is -0.137. The first-order valence-corrected chi connectivity index (χ1v) is 14.3. The van der Waals surface area contributed by atoms with Gasteiger partial charge in [0.1, 0.15) is 5.82 Å². The van der Waals surface area contributed by atoms with Crippen molar-refractivity contribution < 1.29 is 18.0 Å². The highest BCUT2D eigenvalue weighted by molar-refractivity contribution is 5.92. The summed E-state index contributed by atoms with van der Waals surface area (Å²) in [5, 5.41) is 0. The zero-order valence-electron chi connectivity index (χ0n) is 23.3. The molecule has 3 heterocycles. The SMILES string of the molecule is CN(c1ccncc1)c1ccc(CN(C(=O)/C=C/c2ccc(C(F)(F)F)cc2)C2CCN(C3CCCC3)CC2)cn1. The molecule has 1 saturated heterocycles. The highest BCUT2D eigenvalue weighted by Gasteiger charge is 2.32. The van der Waals surface area contributed by atoms with Crippen LogP contribution in [0.2, 0.25) is 0 Å². The average Bonchev–Trinajstić information content (AvgIpc) is 3.54. The van der Waals surface area contributed by atoms with Gasteiger partial charge in [-0.25, -0.2) is 4.98 Å². The van der Waals surface area contributed by atoms with Crippen molar-refractivity contribution in [1.29, 1.82) is 0 Å². The number of rotatable bonds is 8. The van der Waals surface area contributed by atoms with E-state index < -0.39 is 11.7 Å². The van der Waals surface area contributed by atoms with E-state index >= 15 is 0 Å². The molecule has 1 aromatic carbocycles. The van der Waals surface area contributed by atoms with Crippen molar-refractivity contribution in [2.24, 2.45) is 0 Å². The van der Waals surface area contributed by atoms with Gasteiger partial charge in [0.2, 0.25) is 5.91 Å². The number of carbonyl (C=O) groups is 1. The second-order valence-corrected chi connectivity index (χ2v) is 10.9. The number of piperidine rings is 1. The third-order valence-electron chi connectivity index (χ3n) is 8.28. The molecule has 2 fully saturated rings. The van der Waals surface area contributed by atoms with Gasteiger partial charge >= 0.3 is 6.18 Å². The highest BCUT2D eigenvalue weighted by atomic mass is 19.4. The maximum atomic E-state index is 13.6. The quantitative estimate of drug-likeness (QED) is 0.285. The largest absolute Gasteiger partial charge is 0.416 e. The Morgan fingerprint density at radius 3 is 2.27 bits per heavy atom. The first-order valence-electron chi connectivity index (χ1n) is 14.3. The number of carbonyl (C=O) groups excluding carboxylic acids is 1. The molecule has 0 bridgehead atoms. The third-order valence-corrected chi connectivity index (χ3v) is 8.28. The molecule has 41 heavy (non-hydrogen) atoms. The Morgan fingerprint density at radius 1 is 0.976 bits per heavy atom. The molecule has 1 aliphatic heterocycles. The number of pyridine rings is 2. The second-order valence-electron chi connectivity index (χ2n) is 10.9. The van der Waals surface area contributed by atoms with Gasteiger partial charge in [0, 0.05) is 69.1 Å². The molecule has 1 aliphatic carbocycles. The number of halogens is 3. The zero-order valence-corrected chi connectivity index (χ0v) is 23.3. The van der Waals surface area contributed by atoms with E-state index in [1.165, 1.54) is 43.9 Å². The molecule has 0 unspecified atom stereocenters. The van der Waals surface area contributed by atoms with Gasteiger partial charge in [0.15, 0.2) is 0 Å². The molecule has 2 aromatic heterocycles. The summed E-state index contributed by atoms with van der Waals surface area (Å²) in [6.45, 7) is 2.35. The van der Waals surface area contributed by atoms with Crippen molar-refractivity contribution in [2.75, 3.05) is 25.0 Å². The van der Waals surface area contributed by atoms with Crippen molar-refractivity contribution in [3.05, 3.63) is 89.9 Å². The molecule has 5 rings (SSSR count). The number of likely N-dealkylation sites (tertiary alicyclic amines) is 1. The van der Waals surface area contributed by atoms with Crippen LogP contribution in [0.15, 0.2) is 73.2 Å². The fraction of sp³-hybridized carbons (Fsp3) is 0.406. The van der Waals surface area contributed by atoms with Gasteiger partial charge in [-0.3, -0.25) is 9.78 Å². The number of alkyl halides is 3. The normalized spacial score (nSPS) is 17.3. The van der Waals surface area contributed by atoms with Crippen LogP contribution in [0.1, 0.15) is 55.2 Å². The topological polar surface area (TPSA) is 52.6 Å². The Kier molecular flexibility index (Phi) is 9.03. The number of amides is 1. The maximum absolute atomic E-state index is 13.6. The van der Waals surface area contributed by atoms with E-state index in [1.54, 1.807) is 24.7 Å². The summed E-state index contributed by atoms with van der Waals surface area (Å²) in [6.07, 6.45) is 10.9. The van der Waals surface area contributed by atoms with E-state index in [9.17, 15) is 18.0 Å². The molecule has 0 radical (unpaired) electrons. The number of anilines is 2. The molecular formula is C32H36F3N5O. The van der Waals surface area contributed by atoms with Crippen LogP contribution in [0.3, 0.4) is 0 Å². The monoisotopic (exact) mass is 563 g/mol. The first kappa shape index (κ1) is 28.8. The highest BCUT2D eigenvalue weighted by Crippen LogP contribution is 2.30. The predicted octanol–water partition coefficient (Wildman–Crippen LogP) is 6.71. The summed E-state index contributed by atoms with van der Waals surface area (Å²) in [6, 6.07) is 13.4. The lowest BCUT2D eigenvalue weighted by Crippen LogP contribution is -2.48. The number of hydrogen-bond acceptors (Lipinski definition) is 5. The molecule has 0 spiro atoms. The average molecular weight is 564 g/mol. The maximum Gasteiger partial charge on any atom is 0.416 e. The molecule has 0 N–H and O–H groups in total. The minimum atomic E-state index is -4.39. The van der Waals surface area contributed by atoms with Crippen molar-refractivity contribution in [1.82, 2.24) is 19.8 Å². The summed E-state index contributed by atoms with van der Waals surface area (Å²) >= 11 is 0. The second kappa shape index (κ2) is 12.9. The summed E-state index contributed by atoms with van der Waals surface area (Å²) in [7, 11) is 1.94. The standard InChI is InChI=1S/C32H36F3N5O/c1-38(27-14-18-36-19-15-27)30-12-8-25(22-37-30)23-40(29-16-20-39(21-17-29)28-4-2-3-5-28)31(41)13-9-24-6-10-26(11-7-24)32(33,34)35/h6-15,18-19,22,28-29H,2-5,16-17,20-21,23H2,1H3/b13-9+. The molecular weight excluding hydrogens is 527 g/mol. The number of benzene rings is 1. The molecule has 2 aliphatic rings. The summed E-state index contributed by atoms with van der Waals surface area (Å²) in [5.74, 6) is 0.632. The Morgan fingerprint density at radius 2 is 1.66 bits per heavy atom. The van der Waals surface area contributed by atoms with E-state index in [2.05, 4.69) is 14.9 Å².